The summed E-state index contributed by atoms with van der Waals surface area (Å²) in [7, 11) is 1.58. The van der Waals surface area contributed by atoms with Gasteiger partial charge in [-0.2, -0.15) is 4.99 Å². The molecule has 2 heterocycles. The van der Waals surface area contributed by atoms with Crippen molar-refractivity contribution in [1.29, 1.82) is 0 Å². The molecular weight excluding hydrogens is 476 g/mol. The molecule has 2 amide bonds. The van der Waals surface area contributed by atoms with E-state index >= 15 is 0 Å². The molecular formula is C23H24N4O5S2. The van der Waals surface area contributed by atoms with Gasteiger partial charge in [-0.3, -0.25) is 19.7 Å². The van der Waals surface area contributed by atoms with E-state index in [4.69, 9.17) is 4.74 Å². The van der Waals surface area contributed by atoms with Gasteiger partial charge in [0.05, 0.1) is 33.3 Å². The fraction of sp³-hybridized carbons (Fsp3) is 0.348. The predicted molar refractivity (Wildman–Crippen MR) is 133 cm³/mol. The van der Waals surface area contributed by atoms with E-state index in [0.717, 1.165) is 24.0 Å². The highest BCUT2D eigenvalue weighted by atomic mass is 32.2. The summed E-state index contributed by atoms with van der Waals surface area (Å²) in [6.07, 6.45) is 1.89. The van der Waals surface area contributed by atoms with Gasteiger partial charge >= 0.3 is 0 Å². The van der Waals surface area contributed by atoms with Crippen molar-refractivity contribution in [2.45, 2.75) is 19.4 Å². The van der Waals surface area contributed by atoms with Crippen LogP contribution in [0, 0.1) is 10.1 Å². The van der Waals surface area contributed by atoms with Gasteiger partial charge in [-0.25, -0.2) is 0 Å². The first kappa shape index (κ1) is 24.1. The number of methoxy groups -OCH3 is 1. The molecule has 0 bridgehead atoms. The molecule has 1 aromatic heterocycles. The monoisotopic (exact) mass is 500 g/mol. The normalized spacial score (nSPS) is 13.8. The van der Waals surface area contributed by atoms with Crippen LogP contribution in [0.1, 0.15) is 12.0 Å². The van der Waals surface area contributed by atoms with Gasteiger partial charge in [0.2, 0.25) is 5.91 Å². The number of aromatic nitrogens is 1. The number of anilines is 1. The molecule has 0 saturated heterocycles. The molecule has 34 heavy (non-hydrogen) atoms. The van der Waals surface area contributed by atoms with Crippen LogP contribution in [-0.2, 0) is 27.3 Å². The van der Waals surface area contributed by atoms with Gasteiger partial charge in [-0.05, 0) is 30.5 Å². The lowest BCUT2D eigenvalue weighted by molar-refractivity contribution is -0.384. The number of rotatable bonds is 8. The van der Waals surface area contributed by atoms with Gasteiger partial charge in [-0.1, -0.05) is 29.5 Å². The Morgan fingerprint density at radius 2 is 2.06 bits per heavy atom. The molecule has 0 spiro atoms. The topological polar surface area (TPSA) is 107 Å². The molecule has 1 aliphatic rings. The molecule has 4 rings (SSSR count). The Balaban J connectivity index is 1.46. The molecule has 0 atom stereocenters. The first-order valence-electron chi connectivity index (χ1n) is 10.8. The zero-order chi connectivity index (χ0) is 24.1. The smallest absolute Gasteiger partial charge is 0.270 e. The minimum absolute atomic E-state index is 0.0149. The number of nitro groups is 1. The molecule has 1 aliphatic heterocycles. The zero-order valence-electron chi connectivity index (χ0n) is 18.6. The van der Waals surface area contributed by atoms with Crippen LogP contribution in [0.2, 0.25) is 0 Å². The lowest BCUT2D eigenvalue weighted by Crippen LogP contribution is -2.36. The summed E-state index contributed by atoms with van der Waals surface area (Å²) in [6.45, 7) is 1.55. The Kier molecular flexibility index (Phi) is 7.76. The summed E-state index contributed by atoms with van der Waals surface area (Å²) in [5.74, 6) is -0.115. The second kappa shape index (κ2) is 10.9. The van der Waals surface area contributed by atoms with E-state index in [-0.39, 0.29) is 29.0 Å². The minimum Gasteiger partial charge on any atom is -0.383 e. The summed E-state index contributed by atoms with van der Waals surface area (Å²) >= 11 is 2.46. The molecule has 0 aliphatic carbocycles. The lowest BCUT2D eigenvalue weighted by atomic mass is 10.0. The quantitative estimate of drug-likeness (QED) is 0.347. The largest absolute Gasteiger partial charge is 0.383 e. The number of ether oxygens (including phenoxy) is 1. The maximum atomic E-state index is 12.8. The van der Waals surface area contributed by atoms with E-state index in [1.807, 2.05) is 28.8 Å². The number of carbonyl (C=O) groups excluding carboxylic acids is 2. The SMILES string of the molecule is COCCn1c(=NC(=O)CSCC(=O)N2CCCc3ccccc32)sc2cc([N+](=O)[O-])ccc21. The number of nitro benzene ring substituents is 1. The number of carbonyl (C=O) groups is 2. The van der Waals surface area contributed by atoms with Crippen molar-refractivity contribution in [3.8, 4) is 0 Å². The highest BCUT2D eigenvalue weighted by molar-refractivity contribution is 8.00. The van der Waals surface area contributed by atoms with Crippen molar-refractivity contribution < 1.29 is 19.2 Å². The number of nitrogens with zero attached hydrogens (tertiary/aromatic N) is 4. The highest BCUT2D eigenvalue weighted by Crippen LogP contribution is 2.27. The number of para-hydroxylation sites is 1. The molecule has 9 nitrogen and oxygen atoms in total. The van der Waals surface area contributed by atoms with Crippen LogP contribution >= 0.6 is 23.1 Å². The van der Waals surface area contributed by atoms with E-state index < -0.39 is 4.92 Å². The van der Waals surface area contributed by atoms with Crippen molar-refractivity contribution in [2.24, 2.45) is 4.99 Å². The van der Waals surface area contributed by atoms with Gasteiger partial charge in [-0.15, -0.1) is 11.8 Å². The number of aryl methyl sites for hydroxylation is 1. The third-order valence-corrected chi connectivity index (χ3v) is 7.42. The van der Waals surface area contributed by atoms with Gasteiger partial charge in [0.25, 0.3) is 11.6 Å². The number of amides is 2. The number of benzene rings is 2. The van der Waals surface area contributed by atoms with Crippen LogP contribution in [-0.4, -0.2) is 53.1 Å². The molecule has 3 aromatic rings. The highest BCUT2D eigenvalue weighted by Gasteiger charge is 2.22. The molecule has 0 N–H and O–H groups in total. The number of non-ortho nitro benzene ring substituents is 1. The Hall–Kier alpha value is -3.02. The van der Waals surface area contributed by atoms with E-state index in [9.17, 15) is 19.7 Å². The molecule has 0 fully saturated rings. The maximum absolute atomic E-state index is 12.8. The van der Waals surface area contributed by atoms with Crippen LogP contribution in [0.15, 0.2) is 47.5 Å². The number of thioether (sulfide) groups is 1. The van der Waals surface area contributed by atoms with E-state index in [0.29, 0.717) is 29.2 Å². The fourth-order valence-corrected chi connectivity index (χ4v) is 5.67. The maximum Gasteiger partial charge on any atom is 0.270 e. The Morgan fingerprint density at radius 3 is 2.85 bits per heavy atom. The van der Waals surface area contributed by atoms with Gasteiger partial charge in [0.1, 0.15) is 0 Å². The Bertz CT molecular complexity index is 1300. The summed E-state index contributed by atoms with van der Waals surface area (Å²) in [5.41, 5.74) is 2.86. The van der Waals surface area contributed by atoms with Crippen LogP contribution in [0.25, 0.3) is 10.2 Å². The second-order valence-electron chi connectivity index (χ2n) is 7.71. The van der Waals surface area contributed by atoms with Crippen molar-refractivity contribution >= 4 is 56.5 Å². The molecule has 11 heteroatoms. The van der Waals surface area contributed by atoms with E-state index in [1.165, 1.54) is 40.8 Å². The average molecular weight is 501 g/mol. The minimum atomic E-state index is -0.449. The first-order chi connectivity index (χ1) is 16.5. The van der Waals surface area contributed by atoms with Gasteiger partial charge in [0.15, 0.2) is 4.80 Å². The molecule has 0 unspecified atom stereocenters. The molecule has 178 valence electrons. The third kappa shape index (κ3) is 5.37. The zero-order valence-corrected chi connectivity index (χ0v) is 20.3. The van der Waals surface area contributed by atoms with Gasteiger partial charge in [0, 0.05) is 38.0 Å². The molecule has 0 saturated carbocycles. The van der Waals surface area contributed by atoms with Crippen LogP contribution in [0.3, 0.4) is 0 Å². The van der Waals surface area contributed by atoms with Crippen LogP contribution in [0.5, 0.6) is 0 Å². The van der Waals surface area contributed by atoms with Crippen molar-refractivity contribution in [2.75, 3.05) is 36.7 Å². The van der Waals surface area contributed by atoms with Crippen LogP contribution < -0.4 is 9.70 Å². The van der Waals surface area contributed by atoms with Crippen molar-refractivity contribution in [3.05, 3.63) is 62.9 Å². The number of fused-ring (bicyclic) bond motifs is 2. The number of hydrogen-bond acceptors (Lipinski definition) is 7. The Labute approximate surface area is 204 Å². The standard InChI is InChI=1S/C23H24N4O5S2/c1-32-12-11-26-19-9-8-17(27(30)31)13-20(19)34-23(26)24-21(28)14-33-15-22(29)25-10-4-6-16-5-2-3-7-18(16)25/h2-3,5,7-9,13H,4,6,10-12,14-15H2,1H3. The summed E-state index contributed by atoms with van der Waals surface area (Å²) < 4.78 is 7.66. The second-order valence-corrected chi connectivity index (χ2v) is 9.71. The van der Waals surface area contributed by atoms with Crippen molar-refractivity contribution in [1.82, 2.24) is 4.57 Å². The summed E-state index contributed by atoms with van der Waals surface area (Å²) in [6, 6.07) is 12.5. The predicted octanol–water partition coefficient (Wildman–Crippen LogP) is 3.40. The number of hydrogen-bond donors (Lipinski definition) is 0. The van der Waals surface area contributed by atoms with E-state index in [1.54, 1.807) is 18.1 Å². The third-order valence-electron chi connectivity index (χ3n) is 5.48. The lowest BCUT2D eigenvalue weighted by Gasteiger charge is -2.29. The van der Waals surface area contributed by atoms with Gasteiger partial charge < -0.3 is 14.2 Å². The first-order valence-corrected chi connectivity index (χ1v) is 12.8. The molecule has 2 aromatic carbocycles. The van der Waals surface area contributed by atoms with Crippen LogP contribution in [0.4, 0.5) is 11.4 Å². The summed E-state index contributed by atoms with van der Waals surface area (Å²) in [4.78, 5) is 42.5. The molecule has 0 radical (unpaired) electrons. The Morgan fingerprint density at radius 1 is 1.24 bits per heavy atom. The average Bonchev–Trinajstić information content (AvgIpc) is 3.17. The fourth-order valence-electron chi connectivity index (χ4n) is 3.89. The number of thiazole rings is 1. The summed E-state index contributed by atoms with van der Waals surface area (Å²) in [5, 5.41) is 11.1. The van der Waals surface area contributed by atoms with E-state index in [2.05, 4.69) is 4.99 Å². The van der Waals surface area contributed by atoms with Crippen molar-refractivity contribution in [3.63, 3.8) is 0 Å².